The summed E-state index contributed by atoms with van der Waals surface area (Å²) >= 11 is 5.65. The summed E-state index contributed by atoms with van der Waals surface area (Å²) in [7, 11) is 0. The molecule has 0 aliphatic carbocycles. The zero-order valence-electron chi connectivity index (χ0n) is 9.13. The van der Waals surface area contributed by atoms with E-state index < -0.39 is 17.9 Å². The lowest BCUT2D eigenvalue weighted by molar-refractivity contribution is 0.241. The van der Waals surface area contributed by atoms with E-state index in [1.807, 2.05) is 13.8 Å². The molecule has 3 N–H and O–H groups in total. The Labute approximate surface area is 98.8 Å². The molecule has 0 saturated carbocycles. The van der Waals surface area contributed by atoms with Crippen LogP contribution < -0.4 is 11.1 Å². The molecule has 0 aliphatic heterocycles. The largest absolute Gasteiger partial charge is 0.352 e. The Kier molecular flexibility index (Phi) is 4.12. The van der Waals surface area contributed by atoms with Crippen LogP contribution in [-0.2, 0) is 0 Å². The molecule has 0 unspecified atom stereocenters. The quantitative estimate of drug-likeness (QED) is 0.844. The fourth-order valence-corrected chi connectivity index (χ4v) is 1.67. The van der Waals surface area contributed by atoms with Crippen molar-refractivity contribution in [2.75, 3.05) is 0 Å². The third-order valence-corrected chi connectivity index (χ3v) is 2.50. The highest BCUT2D eigenvalue weighted by Gasteiger charge is 2.20. The Morgan fingerprint density at radius 1 is 1.50 bits per heavy atom. The van der Waals surface area contributed by atoms with Crippen molar-refractivity contribution < 1.29 is 9.18 Å². The van der Waals surface area contributed by atoms with Crippen molar-refractivity contribution in [2.24, 2.45) is 11.7 Å². The molecule has 0 saturated heterocycles. The summed E-state index contributed by atoms with van der Waals surface area (Å²) in [6, 6.07) is 3.23. The van der Waals surface area contributed by atoms with Gasteiger partial charge in [0.05, 0.1) is 6.04 Å². The van der Waals surface area contributed by atoms with E-state index in [4.69, 9.17) is 17.3 Å². The van der Waals surface area contributed by atoms with E-state index in [0.29, 0.717) is 10.6 Å². The molecule has 1 aromatic carbocycles. The van der Waals surface area contributed by atoms with E-state index in [2.05, 4.69) is 5.32 Å². The highest BCUT2D eigenvalue weighted by atomic mass is 35.5. The second-order valence-electron chi connectivity index (χ2n) is 3.90. The van der Waals surface area contributed by atoms with Gasteiger partial charge in [0.2, 0.25) is 0 Å². The number of halogens is 2. The maximum atomic E-state index is 13.6. The van der Waals surface area contributed by atoms with Crippen molar-refractivity contribution in [3.05, 3.63) is 34.6 Å². The van der Waals surface area contributed by atoms with Crippen molar-refractivity contribution in [2.45, 2.75) is 19.9 Å². The van der Waals surface area contributed by atoms with Gasteiger partial charge in [0, 0.05) is 10.6 Å². The molecule has 88 valence electrons. The van der Waals surface area contributed by atoms with Crippen molar-refractivity contribution >= 4 is 17.6 Å². The molecule has 0 bridgehead atoms. The summed E-state index contributed by atoms with van der Waals surface area (Å²) in [4.78, 5) is 10.8. The van der Waals surface area contributed by atoms with Gasteiger partial charge in [-0.3, -0.25) is 0 Å². The number of benzene rings is 1. The third-order valence-electron chi connectivity index (χ3n) is 2.26. The molecule has 0 spiro atoms. The summed E-state index contributed by atoms with van der Waals surface area (Å²) in [5, 5.41) is 2.83. The van der Waals surface area contributed by atoms with E-state index in [1.54, 1.807) is 12.1 Å². The van der Waals surface area contributed by atoms with Crippen LogP contribution in [0.25, 0.3) is 0 Å². The monoisotopic (exact) mass is 244 g/mol. The number of carbonyl (C=O) groups is 1. The molecule has 0 fully saturated rings. The average molecular weight is 245 g/mol. The fraction of sp³-hybridized carbons (Fsp3) is 0.364. The first kappa shape index (κ1) is 12.8. The van der Waals surface area contributed by atoms with Gasteiger partial charge in [-0.1, -0.05) is 31.5 Å². The van der Waals surface area contributed by atoms with E-state index in [9.17, 15) is 9.18 Å². The van der Waals surface area contributed by atoms with Crippen LogP contribution in [0.2, 0.25) is 5.02 Å². The molecule has 1 rings (SSSR count). The first-order valence-corrected chi connectivity index (χ1v) is 5.30. The van der Waals surface area contributed by atoms with Crippen molar-refractivity contribution in [1.82, 2.24) is 5.32 Å². The first-order chi connectivity index (χ1) is 7.41. The third kappa shape index (κ3) is 3.10. The van der Waals surface area contributed by atoms with Crippen LogP contribution in [0, 0.1) is 11.7 Å². The average Bonchev–Trinajstić information content (AvgIpc) is 2.14. The second kappa shape index (κ2) is 5.16. The number of carbonyl (C=O) groups excluding carboxylic acids is 1. The standard InChI is InChI=1S/C11H14ClFN2O/c1-6(2)10(15-11(14)16)8-4-3-7(12)5-9(8)13/h3-6,10H,1-2H3,(H3,14,15,16)/t10-/m1/s1. The van der Waals surface area contributed by atoms with Gasteiger partial charge < -0.3 is 11.1 Å². The molecule has 1 atom stereocenters. The molecule has 2 amide bonds. The molecule has 1 aromatic rings. The van der Waals surface area contributed by atoms with Crippen LogP contribution in [0.1, 0.15) is 25.5 Å². The fourth-order valence-electron chi connectivity index (χ4n) is 1.51. The highest BCUT2D eigenvalue weighted by Crippen LogP contribution is 2.26. The van der Waals surface area contributed by atoms with E-state index >= 15 is 0 Å². The number of urea groups is 1. The minimum absolute atomic E-state index is 0.0307. The van der Waals surface area contributed by atoms with E-state index in [-0.39, 0.29) is 5.92 Å². The number of nitrogens with one attached hydrogen (secondary N) is 1. The molecular formula is C11H14ClFN2O. The summed E-state index contributed by atoms with van der Waals surface area (Å²) in [5.74, 6) is -0.414. The molecule has 0 aliphatic rings. The number of nitrogens with two attached hydrogens (primary N) is 1. The van der Waals surface area contributed by atoms with Gasteiger partial charge >= 0.3 is 6.03 Å². The van der Waals surface area contributed by atoms with Gasteiger partial charge in [0.1, 0.15) is 5.82 Å². The number of primary amides is 1. The minimum Gasteiger partial charge on any atom is -0.352 e. The Morgan fingerprint density at radius 3 is 2.56 bits per heavy atom. The molecule has 5 heteroatoms. The molecule has 0 radical (unpaired) electrons. The topological polar surface area (TPSA) is 55.1 Å². The maximum absolute atomic E-state index is 13.6. The van der Waals surface area contributed by atoms with E-state index in [1.165, 1.54) is 6.07 Å². The Hall–Kier alpha value is -1.29. The lowest BCUT2D eigenvalue weighted by Gasteiger charge is -2.22. The Bertz CT molecular complexity index is 396. The van der Waals surface area contributed by atoms with Crippen LogP contribution in [0.5, 0.6) is 0 Å². The number of amides is 2. The van der Waals surface area contributed by atoms with Crippen LogP contribution in [-0.4, -0.2) is 6.03 Å². The SMILES string of the molecule is CC(C)[C@@H](NC(N)=O)c1ccc(Cl)cc1F. The smallest absolute Gasteiger partial charge is 0.312 e. The lowest BCUT2D eigenvalue weighted by atomic mass is 9.96. The van der Waals surface area contributed by atoms with E-state index in [0.717, 1.165) is 0 Å². The van der Waals surface area contributed by atoms with Crippen LogP contribution in [0.15, 0.2) is 18.2 Å². The minimum atomic E-state index is -0.673. The zero-order valence-corrected chi connectivity index (χ0v) is 9.88. The van der Waals surface area contributed by atoms with Gasteiger partial charge in [0.25, 0.3) is 0 Å². The van der Waals surface area contributed by atoms with Gasteiger partial charge in [-0.05, 0) is 18.1 Å². The molecular weight excluding hydrogens is 231 g/mol. The predicted molar refractivity (Wildman–Crippen MR) is 61.7 cm³/mol. The summed E-state index contributed by atoms with van der Waals surface area (Å²) in [6.45, 7) is 3.74. The number of hydrogen-bond acceptors (Lipinski definition) is 1. The van der Waals surface area contributed by atoms with Crippen LogP contribution in [0.4, 0.5) is 9.18 Å². The zero-order chi connectivity index (χ0) is 12.3. The van der Waals surface area contributed by atoms with Gasteiger partial charge in [-0.2, -0.15) is 0 Å². The first-order valence-electron chi connectivity index (χ1n) is 4.92. The predicted octanol–water partition coefficient (Wildman–Crippen LogP) is 2.84. The maximum Gasteiger partial charge on any atom is 0.312 e. The lowest BCUT2D eigenvalue weighted by Crippen LogP contribution is -2.36. The molecule has 3 nitrogen and oxygen atoms in total. The summed E-state index contributed by atoms with van der Waals surface area (Å²) in [6.07, 6.45) is 0. The molecule has 16 heavy (non-hydrogen) atoms. The normalized spacial score (nSPS) is 12.6. The number of hydrogen-bond donors (Lipinski definition) is 2. The Morgan fingerprint density at radius 2 is 2.12 bits per heavy atom. The summed E-state index contributed by atoms with van der Waals surface area (Å²) < 4.78 is 13.6. The van der Waals surface area contributed by atoms with Crippen molar-refractivity contribution in [1.29, 1.82) is 0 Å². The second-order valence-corrected chi connectivity index (χ2v) is 4.33. The highest BCUT2D eigenvalue weighted by molar-refractivity contribution is 6.30. The van der Waals surface area contributed by atoms with Gasteiger partial charge in [-0.25, -0.2) is 9.18 Å². The van der Waals surface area contributed by atoms with Crippen molar-refractivity contribution in [3.63, 3.8) is 0 Å². The van der Waals surface area contributed by atoms with Crippen LogP contribution >= 0.6 is 11.6 Å². The summed E-state index contributed by atoms with van der Waals surface area (Å²) in [5.41, 5.74) is 5.44. The van der Waals surface area contributed by atoms with Crippen molar-refractivity contribution in [3.8, 4) is 0 Å². The van der Waals surface area contributed by atoms with Gasteiger partial charge in [0.15, 0.2) is 0 Å². The van der Waals surface area contributed by atoms with Gasteiger partial charge in [-0.15, -0.1) is 0 Å². The molecule has 0 aromatic heterocycles. The Balaban J connectivity index is 3.05. The number of rotatable bonds is 3. The molecule has 0 heterocycles. The van der Waals surface area contributed by atoms with Crippen LogP contribution in [0.3, 0.4) is 0 Å².